The number of nitrogens with zero attached hydrogens (tertiary/aromatic N) is 1. The lowest BCUT2D eigenvalue weighted by atomic mass is 9.94. The van der Waals surface area contributed by atoms with Crippen molar-refractivity contribution in [3.05, 3.63) is 90.0 Å². The van der Waals surface area contributed by atoms with E-state index in [1.165, 1.54) is 4.90 Å². The Morgan fingerprint density at radius 1 is 0.976 bits per heavy atom. The summed E-state index contributed by atoms with van der Waals surface area (Å²) in [7, 11) is 0. The van der Waals surface area contributed by atoms with Gasteiger partial charge < -0.3 is 20.3 Å². The van der Waals surface area contributed by atoms with Gasteiger partial charge in [-0.15, -0.1) is 6.58 Å². The van der Waals surface area contributed by atoms with Gasteiger partial charge in [0.05, 0.1) is 0 Å². The average Bonchev–Trinajstić information content (AvgIpc) is 2.89. The van der Waals surface area contributed by atoms with E-state index in [1.807, 2.05) is 88.4 Å². The topological polar surface area (TPSA) is 87.7 Å². The predicted octanol–water partition coefficient (Wildman–Crippen LogP) is 7.09. The average molecular weight is 558 g/mol. The van der Waals surface area contributed by atoms with Gasteiger partial charge >= 0.3 is 6.09 Å². The molecule has 0 spiro atoms. The number of rotatable bonds is 10. The van der Waals surface area contributed by atoms with E-state index in [9.17, 15) is 14.4 Å². The summed E-state index contributed by atoms with van der Waals surface area (Å²) >= 11 is 0. The molecule has 218 valence electrons. The molecule has 0 aromatic heterocycles. The number of anilines is 1. The van der Waals surface area contributed by atoms with E-state index in [-0.39, 0.29) is 24.3 Å². The molecule has 7 heteroatoms. The smallest absolute Gasteiger partial charge is 0.408 e. The maximum Gasteiger partial charge on any atom is 0.408 e. The molecule has 2 N–H and O–H groups in total. The van der Waals surface area contributed by atoms with Crippen molar-refractivity contribution < 1.29 is 19.1 Å². The molecule has 0 aliphatic carbocycles. The highest BCUT2D eigenvalue weighted by Gasteiger charge is 2.38. The molecule has 3 amide bonds. The molecule has 7 nitrogen and oxygen atoms in total. The number of ether oxygens (including phenoxy) is 1. The highest BCUT2D eigenvalue weighted by molar-refractivity contribution is 6.00. The monoisotopic (exact) mass is 557 g/mol. The summed E-state index contributed by atoms with van der Waals surface area (Å²) in [4.78, 5) is 42.7. The van der Waals surface area contributed by atoms with Gasteiger partial charge in [0, 0.05) is 12.2 Å². The van der Waals surface area contributed by atoms with E-state index in [0.29, 0.717) is 17.7 Å². The zero-order valence-corrected chi connectivity index (χ0v) is 25.3. The maximum atomic E-state index is 14.3. The molecule has 41 heavy (non-hydrogen) atoms. The standard InChI is InChI=1S/C34H43N3O4/c1-9-17-37(32(39)29(24(5)10-2)36-33(40)41-34(6,7)8)30(27-19-22(3)18-23(4)20-27)31(38)35-28-16-15-25-13-11-12-14-26(25)21-28/h9,11-16,18-21,24,29-30H,1,10,17H2,2-8H3,(H,35,38)(H,36,40). The summed E-state index contributed by atoms with van der Waals surface area (Å²) in [6, 6.07) is 17.6. The van der Waals surface area contributed by atoms with Crippen LogP contribution in [0.2, 0.25) is 0 Å². The second kappa shape index (κ2) is 13.5. The minimum absolute atomic E-state index is 0.102. The van der Waals surface area contributed by atoms with Crippen LogP contribution in [0.5, 0.6) is 0 Å². The first-order valence-electron chi connectivity index (χ1n) is 14.1. The second-order valence-electron chi connectivity index (χ2n) is 11.7. The minimum Gasteiger partial charge on any atom is -0.444 e. The first kappa shape index (κ1) is 31.4. The van der Waals surface area contributed by atoms with E-state index in [1.54, 1.807) is 26.8 Å². The molecule has 0 aliphatic rings. The lowest BCUT2D eigenvalue weighted by Crippen LogP contribution is -2.54. The largest absolute Gasteiger partial charge is 0.444 e. The van der Waals surface area contributed by atoms with Crippen LogP contribution in [0.1, 0.15) is 63.8 Å². The number of fused-ring (bicyclic) bond motifs is 1. The number of benzene rings is 3. The first-order valence-corrected chi connectivity index (χ1v) is 14.1. The van der Waals surface area contributed by atoms with Crippen molar-refractivity contribution in [2.45, 2.75) is 72.6 Å². The van der Waals surface area contributed by atoms with Crippen LogP contribution in [0, 0.1) is 19.8 Å². The zero-order chi connectivity index (χ0) is 30.3. The van der Waals surface area contributed by atoms with E-state index in [0.717, 1.165) is 21.9 Å². The van der Waals surface area contributed by atoms with Crippen LogP contribution >= 0.6 is 0 Å². The first-order chi connectivity index (χ1) is 19.3. The van der Waals surface area contributed by atoms with Crippen LogP contribution in [-0.4, -0.2) is 41.0 Å². The molecule has 3 atom stereocenters. The van der Waals surface area contributed by atoms with Gasteiger partial charge in [-0.2, -0.15) is 0 Å². The highest BCUT2D eigenvalue weighted by atomic mass is 16.6. The van der Waals surface area contributed by atoms with Gasteiger partial charge in [0.2, 0.25) is 5.91 Å². The highest BCUT2D eigenvalue weighted by Crippen LogP contribution is 2.28. The predicted molar refractivity (Wildman–Crippen MR) is 166 cm³/mol. The lowest BCUT2D eigenvalue weighted by Gasteiger charge is -2.35. The Labute approximate surface area is 244 Å². The Kier molecular flexibility index (Phi) is 10.3. The molecule has 0 bridgehead atoms. The fourth-order valence-corrected chi connectivity index (χ4v) is 4.88. The quantitative estimate of drug-likeness (QED) is 0.261. The van der Waals surface area contributed by atoms with Gasteiger partial charge in [0.25, 0.3) is 5.91 Å². The summed E-state index contributed by atoms with van der Waals surface area (Å²) in [5.74, 6) is -0.964. The third kappa shape index (κ3) is 8.43. The van der Waals surface area contributed by atoms with E-state index < -0.39 is 23.8 Å². The number of hydrogen-bond donors (Lipinski definition) is 2. The maximum absolute atomic E-state index is 14.3. The number of amides is 3. The molecule has 0 saturated carbocycles. The summed E-state index contributed by atoms with van der Waals surface area (Å²) in [6.45, 7) is 17.0. The summed E-state index contributed by atoms with van der Waals surface area (Å²) < 4.78 is 5.47. The van der Waals surface area contributed by atoms with Gasteiger partial charge in [0.1, 0.15) is 17.7 Å². The fourth-order valence-electron chi connectivity index (χ4n) is 4.88. The number of aryl methyl sites for hydroxylation is 2. The Morgan fingerprint density at radius 2 is 1.61 bits per heavy atom. The number of carbonyl (C=O) groups excluding carboxylic acids is 3. The summed E-state index contributed by atoms with van der Waals surface area (Å²) in [6.07, 6.45) is 1.54. The van der Waals surface area contributed by atoms with Crippen LogP contribution in [0.25, 0.3) is 10.8 Å². The van der Waals surface area contributed by atoms with Crippen LogP contribution in [0.4, 0.5) is 10.5 Å². The van der Waals surface area contributed by atoms with Crippen molar-refractivity contribution in [1.29, 1.82) is 0 Å². The number of alkyl carbamates (subject to hydrolysis) is 1. The molecule has 0 fully saturated rings. The minimum atomic E-state index is -0.974. The molecular formula is C34H43N3O4. The van der Waals surface area contributed by atoms with Crippen LogP contribution in [0.3, 0.4) is 0 Å². The Morgan fingerprint density at radius 3 is 2.20 bits per heavy atom. The molecular weight excluding hydrogens is 514 g/mol. The molecule has 3 unspecified atom stereocenters. The molecule has 3 rings (SSSR count). The fraction of sp³-hybridized carbons (Fsp3) is 0.382. The normalized spacial score (nSPS) is 13.5. The lowest BCUT2D eigenvalue weighted by molar-refractivity contribution is -0.141. The van der Waals surface area contributed by atoms with Gasteiger partial charge in [-0.1, -0.05) is 86.0 Å². The van der Waals surface area contributed by atoms with Crippen molar-refractivity contribution in [3.63, 3.8) is 0 Å². The molecule has 0 radical (unpaired) electrons. The van der Waals surface area contributed by atoms with Gasteiger partial charge in [-0.05, 0) is 69.0 Å². The molecule has 0 saturated heterocycles. The van der Waals surface area contributed by atoms with E-state index >= 15 is 0 Å². The third-order valence-electron chi connectivity index (χ3n) is 6.90. The number of carbonyl (C=O) groups is 3. The van der Waals surface area contributed by atoms with Crippen LogP contribution in [-0.2, 0) is 14.3 Å². The van der Waals surface area contributed by atoms with Crippen LogP contribution in [0.15, 0.2) is 73.3 Å². The van der Waals surface area contributed by atoms with Crippen molar-refractivity contribution >= 4 is 34.4 Å². The summed E-state index contributed by atoms with van der Waals surface area (Å²) in [5.41, 5.74) is 2.52. The van der Waals surface area contributed by atoms with E-state index in [4.69, 9.17) is 4.74 Å². The van der Waals surface area contributed by atoms with Gasteiger partial charge in [-0.25, -0.2) is 4.79 Å². The zero-order valence-electron chi connectivity index (χ0n) is 25.3. The Bertz CT molecular complexity index is 1390. The third-order valence-corrected chi connectivity index (χ3v) is 6.90. The molecule has 0 heterocycles. The Hall–Kier alpha value is -4.13. The second-order valence-corrected chi connectivity index (χ2v) is 11.7. The van der Waals surface area contributed by atoms with Gasteiger partial charge in [0.15, 0.2) is 0 Å². The molecule has 3 aromatic carbocycles. The molecule has 0 aliphatic heterocycles. The van der Waals surface area contributed by atoms with Crippen molar-refractivity contribution in [2.75, 3.05) is 11.9 Å². The van der Waals surface area contributed by atoms with Crippen LogP contribution < -0.4 is 10.6 Å². The Balaban J connectivity index is 2.06. The van der Waals surface area contributed by atoms with Crippen molar-refractivity contribution in [2.24, 2.45) is 5.92 Å². The van der Waals surface area contributed by atoms with E-state index in [2.05, 4.69) is 17.2 Å². The molecule has 3 aromatic rings. The number of hydrogen-bond acceptors (Lipinski definition) is 4. The SMILES string of the molecule is C=CCN(C(=O)C(NC(=O)OC(C)(C)C)C(C)CC)C(C(=O)Nc1ccc2ccccc2c1)c1cc(C)cc(C)c1. The van der Waals surface area contributed by atoms with Crippen molar-refractivity contribution in [3.8, 4) is 0 Å². The van der Waals surface area contributed by atoms with Crippen molar-refractivity contribution in [1.82, 2.24) is 10.2 Å². The van der Waals surface area contributed by atoms with Gasteiger partial charge in [-0.3, -0.25) is 9.59 Å². The summed E-state index contributed by atoms with van der Waals surface area (Å²) in [5, 5.41) is 7.87. The number of nitrogens with one attached hydrogen (secondary N) is 2.